The highest BCUT2D eigenvalue weighted by molar-refractivity contribution is 7.54. The normalized spacial score (nSPS) is 16.5. The Hall–Kier alpha value is -0.640. The van der Waals surface area contributed by atoms with Gasteiger partial charge in [-0.3, -0.25) is 4.57 Å². The highest BCUT2D eigenvalue weighted by atomic mass is 31.2. The minimum Gasteiger partial charge on any atom is -0.446 e. The minimum atomic E-state index is -3.37. The Balaban J connectivity index is 4.67. The number of rotatable bonds is 7. The van der Waals surface area contributed by atoms with Crippen LogP contribution in [0.5, 0.6) is 0 Å². The smallest absolute Gasteiger partial charge is 0.370 e. The molecule has 6 heteroatoms. The van der Waals surface area contributed by atoms with Gasteiger partial charge in [-0.15, -0.1) is 0 Å². The second-order valence-corrected chi connectivity index (χ2v) is 4.92. The van der Waals surface area contributed by atoms with Gasteiger partial charge in [0.25, 0.3) is 0 Å². The Bertz CT molecular complexity index is 263. The van der Waals surface area contributed by atoms with Gasteiger partial charge in [0.2, 0.25) is 5.85 Å². The summed E-state index contributed by atoms with van der Waals surface area (Å²) in [5.74, 6) is -1.52. The van der Waals surface area contributed by atoms with Crippen LogP contribution in [0.1, 0.15) is 20.3 Å². The summed E-state index contributed by atoms with van der Waals surface area (Å²) in [6, 6.07) is 0. The van der Waals surface area contributed by atoms with Crippen LogP contribution in [0.3, 0.4) is 0 Å². The number of esters is 1. The molecular weight excluding hydrogens is 219 g/mol. The second kappa shape index (κ2) is 6.77. The maximum absolute atomic E-state index is 12.0. The van der Waals surface area contributed by atoms with E-state index in [1.165, 1.54) is 7.11 Å². The fourth-order valence-corrected chi connectivity index (χ4v) is 2.53. The van der Waals surface area contributed by atoms with Crippen molar-refractivity contribution in [1.82, 2.24) is 0 Å². The molecule has 0 saturated carbocycles. The van der Waals surface area contributed by atoms with E-state index < -0.39 is 19.4 Å². The SMILES string of the molecule is C=CC(=O)OC(CC)P(=O)(OC)OCC. The molecule has 0 aromatic heterocycles. The summed E-state index contributed by atoms with van der Waals surface area (Å²) < 4.78 is 26.7. The molecule has 5 nitrogen and oxygen atoms in total. The van der Waals surface area contributed by atoms with Crippen LogP contribution in [0.25, 0.3) is 0 Å². The molecule has 0 aliphatic carbocycles. The Morgan fingerprint density at radius 3 is 2.47 bits per heavy atom. The van der Waals surface area contributed by atoms with E-state index in [4.69, 9.17) is 13.8 Å². The van der Waals surface area contributed by atoms with E-state index in [0.717, 1.165) is 6.08 Å². The summed E-state index contributed by atoms with van der Waals surface area (Å²) in [6.07, 6.45) is 1.36. The average Bonchev–Trinajstić information content (AvgIpc) is 2.25. The van der Waals surface area contributed by atoms with Crippen LogP contribution < -0.4 is 0 Å². The molecule has 0 saturated heterocycles. The zero-order valence-electron chi connectivity index (χ0n) is 9.26. The maximum atomic E-state index is 12.0. The van der Waals surface area contributed by atoms with Crippen LogP contribution in [0.4, 0.5) is 0 Å². The lowest BCUT2D eigenvalue weighted by Gasteiger charge is -2.23. The van der Waals surface area contributed by atoms with Crippen LogP contribution in [0.2, 0.25) is 0 Å². The lowest BCUT2D eigenvalue weighted by molar-refractivity contribution is -0.140. The molecule has 0 aliphatic heterocycles. The van der Waals surface area contributed by atoms with Crippen molar-refractivity contribution in [2.75, 3.05) is 13.7 Å². The van der Waals surface area contributed by atoms with Crippen molar-refractivity contribution in [1.29, 1.82) is 0 Å². The van der Waals surface area contributed by atoms with Crippen molar-refractivity contribution in [3.8, 4) is 0 Å². The molecule has 88 valence electrons. The van der Waals surface area contributed by atoms with Gasteiger partial charge in [0.05, 0.1) is 6.61 Å². The number of hydrogen-bond acceptors (Lipinski definition) is 5. The van der Waals surface area contributed by atoms with Gasteiger partial charge in [-0.1, -0.05) is 13.5 Å². The average molecular weight is 236 g/mol. The molecule has 0 rings (SSSR count). The van der Waals surface area contributed by atoms with Crippen LogP contribution in [0.15, 0.2) is 12.7 Å². The molecule has 0 spiro atoms. The molecule has 0 radical (unpaired) electrons. The largest absolute Gasteiger partial charge is 0.446 e. The number of carbonyl (C=O) groups is 1. The Kier molecular flexibility index (Phi) is 6.48. The van der Waals surface area contributed by atoms with E-state index in [2.05, 4.69) is 6.58 Å². The Morgan fingerprint density at radius 2 is 2.13 bits per heavy atom. The Morgan fingerprint density at radius 1 is 1.53 bits per heavy atom. The van der Waals surface area contributed by atoms with Crippen molar-refractivity contribution < 1.29 is 23.1 Å². The van der Waals surface area contributed by atoms with Crippen molar-refractivity contribution >= 4 is 13.6 Å². The molecule has 0 N–H and O–H groups in total. The summed E-state index contributed by atoms with van der Waals surface area (Å²) in [7, 11) is -2.10. The van der Waals surface area contributed by atoms with Crippen molar-refractivity contribution in [2.45, 2.75) is 26.1 Å². The first-order valence-electron chi connectivity index (χ1n) is 4.67. The molecule has 0 aromatic rings. The fraction of sp³-hybridized carbons (Fsp3) is 0.667. The first-order valence-corrected chi connectivity index (χ1v) is 6.28. The van der Waals surface area contributed by atoms with E-state index in [1.807, 2.05) is 0 Å². The van der Waals surface area contributed by atoms with Crippen molar-refractivity contribution in [3.05, 3.63) is 12.7 Å². The lowest BCUT2D eigenvalue weighted by atomic mass is 10.5. The number of carbonyl (C=O) groups excluding carboxylic acids is 1. The van der Waals surface area contributed by atoms with Crippen molar-refractivity contribution in [3.63, 3.8) is 0 Å². The summed E-state index contributed by atoms with van der Waals surface area (Å²) >= 11 is 0. The summed E-state index contributed by atoms with van der Waals surface area (Å²) in [5, 5.41) is 0. The van der Waals surface area contributed by atoms with E-state index >= 15 is 0 Å². The van der Waals surface area contributed by atoms with Crippen LogP contribution in [-0.4, -0.2) is 25.5 Å². The molecule has 15 heavy (non-hydrogen) atoms. The van der Waals surface area contributed by atoms with Crippen LogP contribution in [0, 0.1) is 0 Å². The monoisotopic (exact) mass is 236 g/mol. The zero-order valence-corrected chi connectivity index (χ0v) is 10.2. The van der Waals surface area contributed by atoms with Gasteiger partial charge in [-0.05, 0) is 13.3 Å². The van der Waals surface area contributed by atoms with Gasteiger partial charge in [-0.25, -0.2) is 4.79 Å². The summed E-state index contributed by atoms with van der Waals surface area (Å²) in [4.78, 5) is 11.0. The predicted molar refractivity (Wildman–Crippen MR) is 56.6 cm³/mol. The number of hydrogen-bond donors (Lipinski definition) is 0. The van der Waals surface area contributed by atoms with Crippen molar-refractivity contribution in [2.24, 2.45) is 0 Å². The maximum Gasteiger partial charge on any atom is 0.370 e. The first-order chi connectivity index (χ1) is 7.03. The third-order valence-electron chi connectivity index (χ3n) is 1.68. The molecule has 2 atom stereocenters. The standard InChI is InChI=1S/C9H17O5P/c1-5-8(10)14-9(6-2)15(11,12-4)13-7-3/h5,9H,1,6-7H2,2-4H3. The van der Waals surface area contributed by atoms with E-state index in [1.54, 1.807) is 13.8 Å². The molecule has 0 amide bonds. The van der Waals surface area contributed by atoms with Gasteiger partial charge in [0.15, 0.2) is 0 Å². The summed E-state index contributed by atoms with van der Waals surface area (Å²) in [5.41, 5.74) is 0. The first kappa shape index (κ1) is 14.4. The molecule has 2 unspecified atom stereocenters. The minimum absolute atomic E-state index is 0.229. The molecule has 0 fully saturated rings. The van der Waals surface area contributed by atoms with Gasteiger partial charge >= 0.3 is 13.6 Å². The third-order valence-corrected chi connectivity index (χ3v) is 3.99. The van der Waals surface area contributed by atoms with Crippen LogP contribution in [-0.2, 0) is 23.1 Å². The summed E-state index contributed by atoms with van der Waals surface area (Å²) in [6.45, 7) is 6.90. The van der Waals surface area contributed by atoms with E-state index in [9.17, 15) is 9.36 Å². The third kappa shape index (κ3) is 4.16. The Labute approximate surface area is 89.9 Å². The van der Waals surface area contributed by atoms with Gasteiger partial charge in [0.1, 0.15) is 0 Å². The molecule has 0 aliphatic rings. The van der Waals surface area contributed by atoms with Gasteiger partial charge in [-0.2, -0.15) is 0 Å². The topological polar surface area (TPSA) is 61.8 Å². The van der Waals surface area contributed by atoms with E-state index in [-0.39, 0.29) is 6.61 Å². The predicted octanol–water partition coefficient (Wildman–Crippen LogP) is 2.33. The second-order valence-electron chi connectivity index (χ2n) is 2.64. The zero-order chi connectivity index (χ0) is 11.9. The highest BCUT2D eigenvalue weighted by Crippen LogP contribution is 2.53. The fourth-order valence-electron chi connectivity index (χ4n) is 0.987. The molecule has 0 aromatic carbocycles. The molecule has 0 heterocycles. The highest BCUT2D eigenvalue weighted by Gasteiger charge is 2.36. The van der Waals surface area contributed by atoms with Crippen LogP contribution >= 0.6 is 7.60 Å². The number of ether oxygens (including phenoxy) is 1. The molecular formula is C9H17O5P. The molecule has 0 bridgehead atoms. The van der Waals surface area contributed by atoms with E-state index in [0.29, 0.717) is 6.42 Å². The quantitative estimate of drug-likeness (QED) is 0.385. The van der Waals surface area contributed by atoms with Gasteiger partial charge in [0, 0.05) is 13.2 Å². The van der Waals surface area contributed by atoms with Gasteiger partial charge < -0.3 is 13.8 Å². The lowest BCUT2D eigenvalue weighted by Crippen LogP contribution is -2.18.